The fourth-order valence-electron chi connectivity index (χ4n) is 4.00. The van der Waals surface area contributed by atoms with E-state index in [1.54, 1.807) is 15.8 Å². The number of amides is 1. The highest BCUT2D eigenvalue weighted by atomic mass is 16.2. The first-order valence-electron chi connectivity index (χ1n) is 10.5. The number of aromatic nitrogens is 5. The van der Waals surface area contributed by atoms with Gasteiger partial charge >= 0.3 is 0 Å². The number of hydrogen-bond acceptors (Lipinski definition) is 7. The molecule has 3 aromatic heterocycles. The van der Waals surface area contributed by atoms with Crippen molar-refractivity contribution in [1.82, 2.24) is 30.0 Å². The van der Waals surface area contributed by atoms with Crippen LogP contribution in [0.25, 0.3) is 11.5 Å². The van der Waals surface area contributed by atoms with Crippen molar-refractivity contribution in [2.75, 3.05) is 23.4 Å². The summed E-state index contributed by atoms with van der Waals surface area (Å²) in [7, 11) is 3.76. The minimum atomic E-state index is -0.0570. The van der Waals surface area contributed by atoms with Crippen molar-refractivity contribution in [3.05, 3.63) is 47.4 Å². The number of fused-ring (bicyclic) bond motifs is 1. The number of pyridine rings is 2. The van der Waals surface area contributed by atoms with E-state index in [0.717, 1.165) is 23.6 Å². The normalized spacial score (nSPS) is 13.2. The Labute approximate surface area is 182 Å². The predicted octanol–water partition coefficient (Wildman–Crippen LogP) is 2.39. The first kappa shape index (κ1) is 20.9. The van der Waals surface area contributed by atoms with Gasteiger partial charge in [0.25, 0.3) is 5.91 Å². The van der Waals surface area contributed by atoms with Crippen molar-refractivity contribution < 1.29 is 4.79 Å². The fourth-order valence-corrected chi connectivity index (χ4v) is 4.00. The van der Waals surface area contributed by atoms with Gasteiger partial charge in [-0.15, -0.1) is 10.2 Å². The molecule has 0 unspecified atom stereocenters. The number of hydrogen-bond donors (Lipinski definition) is 1. The molecule has 4 heterocycles. The number of nitrogens with one attached hydrogen (secondary N) is 1. The molecule has 0 aromatic carbocycles. The Hall–Kier alpha value is -3.33. The van der Waals surface area contributed by atoms with E-state index in [2.05, 4.69) is 41.2 Å². The molecule has 9 nitrogen and oxygen atoms in total. The zero-order valence-electron chi connectivity index (χ0n) is 18.6. The van der Waals surface area contributed by atoms with Crippen molar-refractivity contribution in [2.45, 2.75) is 39.9 Å². The third kappa shape index (κ3) is 3.76. The molecule has 0 saturated carbocycles. The number of carbonyl (C=O) groups excluding carboxylic acids is 1. The van der Waals surface area contributed by atoms with Crippen LogP contribution in [0.15, 0.2) is 30.6 Å². The van der Waals surface area contributed by atoms with Gasteiger partial charge in [-0.25, -0.2) is 9.97 Å². The molecule has 0 saturated heterocycles. The van der Waals surface area contributed by atoms with E-state index in [0.29, 0.717) is 36.0 Å². The van der Waals surface area contributed by atoms with E-state index >= 15 is 0 Å². The Kier molecular flexibility index (Phi) is 5.69. The van der Waals surface area contributed by atoms with E-state index < -0.39 is 0 Å². The van der Waals surface area contributed by atoms with Crippen molar-refractivity contribution in [3.63, 3.8) is 0 Å². The van der Waals surface area contributed by atoms with E-state index in [1.165, 1.54) is 0 Å². The second-order valence-corrected chi connectivity index (χ2v) is 7.90. The summed E-state index contributed by atoms with van der Waals surface area (Å²) in [6.07, 6.45) is 1.63. The zero-order valence-corrected chi connectivity index (χ0v) is 18.6. The minimum absolute atomic E-state index is 0.0570. The monoisotopic (exact) mass is 420 g/mol. The van der Waals surface area contributed by atoms with Crippen LogP contribution in [0.2, 0.25) is 0 Å². The second-order valence-electron chi connectivity index (χ2n) is 7.90. The molecule has 1 amide bonds. The van der Waals surface area contributed by atoms with Crippen molar-refractivity contribution in [3.8, 4) is 11.5 Å². The molecule has 1 N–H and O–H groups in total. The highest BCUT2D eigenvalue weighted by Crippen LogP contribution is 2.32. The van der Waals surface area contributed by atoms with E-state index in [4.69, 9.17) is 9.97 Å². The predicted molar refractivity (Wildman–Crippen MR) is 120 cm³/mol. The molecule has 9 heteroatoms. The average Bonchev–Trinajstić information content (AvgIpc) is 3.32. The van der Waals surface area contributed by atoms with Crippen LogP contribution in [0.4, 0.5) is 11.6 Å². The van der Waals surface area contributed by atoms with Gasteiger partial charge in [-0.1, -0.05) is 6.07 Å². The summed E-state index contributed by atoms with van der Waals surface area (Å²) in [5.41, 5.74) is 3.22. The summed E-state index contributed by atoms with van der Waals surface area (Å²) in [6, 6.07) is 7.82. The lowest BCUT2D eigenvalue weighted by Crippen LogP contribution is -2.32. The van der Waals surface area contributed by atoms with Crippen molar-refractivity contribution in [1.29, 1.82) is 0 Å². The van der Waals surface area contributed by atoms with Gasteiger partial charge in [0.05, 0.1) is 17.8 Å². The summed E-state index contributed by atoms with van der Waals surface area (Å²) in [6.45, 7) is 8.23. The smallest absolute Gasteiger partial charge is 0.260 e. The molecule has 1 aliphatic heterocycles. The third-order valence-electron chi connectivity index (χ3n) is 5.54. The second kappa shape index (κ2) is 8.43. The molecule has 3 aromatic rings. The molecule has 0 bridgehead atoms. The van der Waals surface area contributed by atoms with Crippen LogP contribution in [0.5, 0.6) is 0 Å². The van der Waals surface area contributed by atoms with E-state index in [1.807, 2.05) is 38.4 Å². The van der Waals surface area contributed by atoms with Gasteiger partial charge in [0.15, 0.2) is 5.82 Å². The lowest BCUT2D eigenvalue weighted by atomic mass is 10.1. The summed E-state index contributed by atoms with van der Waals surface area (Å²) >= 11 is 0. The molecule has 0 aliphatic carbocycles. The van der Waals surface area contributed by atoms with Crippen LogP contribution in [0, 0.1) is 0 Å². The molecule has 0 spiro atoms. The zero-order chi connectivity index (χ0) is 22.1. The van der Waals surface area contributed by atoms with Gasteiger partial charge in [-0.2, -0.15) is 0 Å². The number of rotatable bonds is 7. The highest BCUT2D eigenvalue weighted by molar-refractivity contribution is 6.10. The molecule has 0 atom stereocenters. The van der Waals surface area contributed by atoms with Crippen molar-refractivity contribution >= 4 is 17.5 Å². The fraction of sp³-hybridized carbons (Fsp3) is 0.409. The standard InChI is InChI=1S/C22H28N8O/c1-6-29(14(2)3)20-10-15-16(18(26-20)11-23-4)12-30(22(15)31)19-9-7-8-17(25-19)21-27-24-13-28(21)5/h7-10,13-14,23H,6,11-12H2,1-5H3. The van der Waals surface area contributed by atoms with Gasteiger partial charge < -0.3 is 14.8 Å². The number of nitrogens with zero attached hydrogens (tertiary/aromatic N) is 7. The maximum absolute atomic E-state index is 13.4. The van der Waals surface area contributed by atoms with E-state index in [9.17, 15) is 4.79 Å². The summed E-state index contributed by atoms with van der Waals surface area (Å²) in [4.78, 5) is 26.9. The molecular weight excluding hydrogens is 392 g/mol. The molecule has 1 aliphatic rings. The van der Waals surface area contributed by atoms with E-state index in [-0.39, 0.29) is 11.9 Å². The maximum Gasteiger partial charge on any atom is 0.260 e. The molecule has 0 fully saturated rings. The van der Waals surface area contributed by atoms with Gasteiger partial charge in [0.1, 0.15) is 23.7 Å². The van der Waals surface area contributed by atoms with Crippen LogP contribution in [0.3, 0.4) is 0 Å². The van der Waals surface area contributed by atoms with Crippen molar-refractivity contribution in [2.24, 2.45) is 7.05 Å². The third-order valence-corrected chi connectivity index (χ3v) is 5.54. The summed E-state index contributed by atoms with van der Waals surface area (Å²) in [5.74, 6) is 2.02. The summed E-state index contributed by atoms with van der Waals surface area (Å²) in [5, 5.41) is 11.2. The molecular formula is C22H28N8O. The van der Waals surface area contributed by atoms with Gasteiger partial charge in [0, 0.05) is 31.7 Å². The number of carbonyl (C=O) groups is 1. The Morgan fingerprint density at radius 3 is 2.71 bits per heavy atom. The molecule has 4 rings (SSSR count). The summed E-state index contributed by atoms with van der Waals surface area (Å²) < 4.78 is 1.80. The number of aryl methyl sites for hydroxylation is 1. The minimum Gasteiger partial charge on any atom is -0.354 e. The molecule has 0 radical (unpaired) electrons. The topological polar surface area (TPSA) is 92.1 Å². The van der Waals surface area contributed by atoms with Crippen LogP contribution < -0.4 is 15.1 Å². The van der Waals surface area contributed by atoms with Crippen LogP contribution in [-0.4, -0.2) is 50.3 Å². The van der Waals surface area contributed by atoms with Crippen LogP contribution in [-0.2, 0) is 20.1 Å². The quantitative estimate of drug-likeness (QED) is 0.627. The number of anilines is 2. The Morgan fingerprint density at radius 1 is 1.26 bits per heavy atom. The van der Waals surface area contributed by atoms with Gasteiger partial charge in [-0.05, 0) is 46.0 Å². The molecule has 162 valence electrons. The van der Waals surface area contributed by atoms with Crippen LogP contribution in [0.1, 0.15) is 42.4 Å². The Balaban J connectivity index is 1.74. The Bertz CT molecular complexity index is 1110. The molecule has 31 heavy (non-hydrogen) atoms. The SMILES string of the molecule is CCN(c1cc2c(c(CNC)n1)CN(c1cccc(-c3nncn3C)n1)C2=O)C(C)C. The lowest BCUT2D eigenvalue weighted by molar-refractivity contribution is 0.0996. The average molecular weight is 421 g/mol. The maximum atomic E-state index is 13.4. The Morgan fingerprint density at radius 2 is 2.06 bits per heavy atom. The highest BCUT2D eigenvalue weighted by Gasteiger charge is 2.33. The van der Waals surface area contributed by atoms with Gasteiger partial charge in [0.2, 0.25) is 0 Å². The first-order chi connectivity index (χ1) is 14.9. The van der Waals surface area contributed by atoms with Gasteiger partial charge in [-0.3, -0.25) is 9.69 Å². The lowest BCUT2D eigenvalue weighted by Gasteiger charge is -2.27. The largest absolute Gasteiger partial charge is 0.354 e. The first-order valence-corrected chi connectivity index (χ1v) is 10.5. The van der Waals surface area contributed by atoms with Crippen LogP contribution >= 0.6 is 0 Å².